The van der Waals surface area contributed by atoms with E-state index >= 15 is 0 Å². The summed E-state index contributed by atoms with van der Waals surface area (Å²) in [4.78, 5) is 34.6. The number of benzene rings is 2. The van der Waals surface area contributed by atoms with Gasteiger partial charge in [0.25, 0.3) is 11.8 Å². The minimum atomic E-state index is -0.294. The average molecular weight is 521 g/mol. The van der Waals surface area contributed by atoms with Gasteiger partial charge in [-0.05, 0) is 62.9 Å². The average Bonchev–Trinajstić information content (AvgIpc) is 2.86. The van der Waals surface area contributed by atoms with E-state index in [2.05, 4.69) is 22.1 Å². The Labute approximate surface area is 223 Å². The van der Waals surface area contributed by atoms with Crippen LogP contribution in [-0.4, -0.2) is 58.9 Å². The minimum Gasteiger partial charge on any atom is -0.486 e. The molecule has 0 saturated heterocycles. The minimum absolute atomic E-state index is 0.0146. The first-order valence-electron chi connectivity index (χ1n) is 12.5. The van der Waals surface area contributed by atoms with Crippen molar-refractivity contribution in [2.75, 3.05) is 25.5 Å². The first-order chi connectivity index (χ1) is 17.7. The number of hydrogen-bond donors (Lipinski definition) is 1. The Balaban J connectivity index is 1.65. The van der Waals surface area contributed by atoms with Crippen molar-refractivity contribution in [3.63, 3.8) is 0 Å². The molecule has 0 spiro atoms. The third-order valence-electron chi connectivity index (χ3n) is 6.54. The second-order valence-electron chi connectivity index (χ2n) is 9.88. The van der Waals surface area contributed by atoms with Crippen LogP contribution in [0, 0.1) is 5.92 Å². The summed E-state index contributed by atoms with van der Waals surface area (Å²) in [6.45, 7) is 8.03. The Kier molecular flexibility index (Phi) is 8.46. The molecule has 2 aromatic carbocycles. The SMILES string of the molecule is CC(C)N1C[C@H](C)[C@@H](CN(C)Cc2cccc(Cl)c2)Oc2c(NC(=O)c3ccncc3)cccc2C1=O. The van der Waals surface area contributed by atoms with E-state index < -0.39 is 0 Å². The van der Waals surface area contributed by atoms with E-state index in [1.807, 2.05) is 50.1 Å². The number of rotatable bonds is 7. The fraction of sp³-hybridized carbons (Fsp3) is 0.345. The molecule has 1 aromatic heterocycles. The fourth-order valence-corrected chi connectivity index (χ4v) is 4.76. The summed E-state index contributed by atoms with van der Waals surface area (Å²) in [6, 6.07) is 16.4. The topological polar surface area (TPSA) is 74.8 Å². The summed E-state index contributed by atoms with van der Waals surface area (Å²) in [5.41, 5.74) is 2.49. The molecule has 0 bridgehead atoms. The van der Waals surface area contributed by atoms with Crippen LogP contribution in [0.25, 0.3) is 0 Å². The number of anilines is 1. The number of para-hydroxylation sites is 1. The monoisotopic (exact) mass is 520 g/mol. The van der Waals surface area contributed by atoms with E-state index in [1.165, 1.54) is 0 Å². The number of fused-ring (bicyclic) bond motifs is 1. The van der Waals surface area contributed by atoms with Gasteiger partial charge in [-0.2, -0.15) is 0 Å². The maximum absolute atomic E-state index is 13.6. The molecule has 0 saturated carbocycles. The van der Waals surface area contributed by atoms with Gasteiger partial charge in [-0.3, -0.25) is 19.5 Å². The molecule has 1 N–H and O–H groups in total. The zero-order valence-corrected chi connectivity index (χ0v) is 22.4. The van der Waals surface area contributed by atoms with Crippen LogP contribution < -0.4 is 10.1 Å². The molecule has 8 heteroatoms. The smallest absolute Gasteiger partial charge is 0.257 e. The third-order valence-corrected chi connectivity index (χ3v) is 6.78. The maximum Gasteiger partial charge on any atom is 0.257 e. The van der Waals surface area contributed by atoms with Crippen molar-refractivity contribution in [2.24, 2.45) is 5.92 Å². The number of aromatic nitrogens is 1. The number of nitrogens with one attached hydrogen (secondary N) is 1. The lowest BCUT2D eigenvalue weighted by Crippen LogP contribution is -2.48. The third kappa shape index (κ3) is 6.48. The molecule has 0 aliphatic carbocycles. The normalized spacial score (nSPS) is 17.7. The van der Waals surface area contributed by atoms with Crippen LogP contribution in [0.15, 0.2) is 67.0 Å². The molecule has 1 aliphatic rings. The molecule has 37 heavy (non-hydrogen) atoms. The maximum atomic E-state index is 13.6. The lowest BCUT2D eigenvalue weighted by molar-refractivity contribution is 0.0433. The van der Waals surface area contributed by atoms with E-state index in [-0.39, 0.29) is 29.9 Å². The van der Waals surface area contributed by atoms with E-state index in [1.54, 1.807) is 42.7 Å². The molecular formula is C29H33ClN4O3. The number of nitrogens with zero attached hydrogens (tertiary/aromatic N) is 3. The highest BCUT2D eigenvalue weighted by Crippen LogP contribution is 2.35. The van der Waals surface area contributed by atoms with Crippen LogP contribution in [0.1, 0.15) is 47.1 Å². The second-order valence-corrected chi connectivity index (χ2v) is 10.3. The Hall–Kier alpha value is -3.42. The molecule has 194 valence electrons. The summed E-state index contributed by atoms with van der Waals surface area (Å²) in [6.07, 6.45) is 2.91. The first-order valence-corrected chi connectivity index (χ1v) is 12.9. The van der Waals surface area contributed by atoms with Crippen LogP contribution in [0.4, 0.5) is 5.69 Å². The number of likely N-dealkylation sites (N-methyl/N-ethyl adjacent to an activating group) is 1. The summed E-state index contributed by atoms with van der Waals surface area (Å²) in [7, 11) is 2.04. The highest BCUT2D eigenvalue weighted by atomic mass is 35.5. The highest BCUT2D eigenvalue weighted by Gasteiger charge is 2.34. The quantitative estimate of drug-likeness (QED) is 0.453. The molecule has 0 fully saturated rings. The van der Waals surface area contributed by atoms with Crippen LogP contribution in [0.2, 0.25) is 5.02 Å². The van der Waals surface area contributed by atoms with Crippen molar-refractivity contribution in [1.29, 1.82) is 0 Å². The molecule has 3 aromatic rings. The van der Waals surface area contributed by atoms with Gasteiger partial charge in [0, 0.05) is 54.6 Å². The zero-order chi connectivity index (χ0) is 26.5. The summed E-state index contributed by atoms with van der Waals surface area (Å²) < 4.78 is 6.61. The van der Waals surface area contributed by atoms with E-state index in [0.717, 1.165) is 5.56 Å². The van der Waals surface area contributed by atoms with Crippen molar-refractivity contribution in [1.82, 2.24) is 14.8 Å². The number of hydrogen-bond acceptors (Lipinski definition) is 5. The lowest BCUT2D eigenvalue weighted by Gasteiger charge is -2.38. The van der Waals surface area contributed by atoms with Crippen molar-refractivity contribution < 1.29 is 14.3 Å². The Bertz CT molecular complexity index is 1250. The molecule has 1 aliphatic heterocycles. The van der Waals surface area contributed by atoms with Gasteiger partial charge in [-0.15, -0.1) is 0 Å². The van der Waals surface area contributed by atoms with Gasteiger partial charge in [0.2, 0.25) is 0 Å². The van der Waals surface area contributed by atoms with Crippen molar-refractivity contribution >= 4 is 29.1 Å². The van der Waals surface area contributed by atoms with Crippen molar-refractivity contribution in [2.45, 2.75) is 39.5 Å². The van der Waals surface area contributed by atoms with Gasteiger partial charge in [0.15, 0.2) is 5.75 Å². The van der Waals surface area contributed by atoms with Crippen LogP contribution in [0.3, 0.4) is 0 Å². The van der Waals surface area contributed by atoms with Gasteiger partial charge >= 0.3 is 0 Å². The molecule has 2 heterocycles. The van der Waals surface area contributed by atoms with Gasteiger partial charge < -0.3 is 15.0 Å². The highest BCUT2D eigenvalue weighted by molar-refractivity contribution is 6.30. The Morgan fingerprint density at radius 3 is 2.62 bits per heavy atom. The van der Waals surface area contributed by atoms with Crippen LogP contribution in [0.5, 0.6) is 5.75 Å². The van der Waals surface area contributed by atoms with Gasteiger partial charge in [0.1, 0.15) is 6.10 Å². The van der Waals surface area contributed by atoms with Gasteiger partial charge in [0.05, 0.1) is 11.3 Å². The number of carbonyl (C=O) groups is 2. The van der Waals surface area contributed by atoms with Crippen molar-refractivity contribution in [3.05, 3.63) is 88.7 Å². The zero-order valence-electron chi connectivity index (χ0n) is 21.6. The summed E-state index contributed by atoms with van der Waals surface area (Å²) in [5.74, 6) is 0.0402. The molecule has 0 radical (unpaired) electrons. The summed E-state index contributed by atoms with van der Waals surface area (Å²) >= 11 is 6.18. The molecule has 2 amide bonds. The van der Waals surface area contributed by atoms with Crippen LogP contribution >= 0.6 is 11.6 Å². The van der Waals surface area contributed by atoms with Gasteiger partial charge in [-0.25, -0.2) is 0 Å². The first kappa shape index (κ1) is 26.6. The predicted molar refractivity (Wildman–Crippen MR) is 146 cm³/mol. The second kappa shape index (κ2) is 11.8. The van der Waals surface area contributed by atoms with Crippen molar-refractivity contribution in [3.8, 4) is 5.75 Å². The molecular weight excluding hydrogens is 488 g/mol. The largest absolute Gasteiger partial charge is 0.486 e. The predicted octanol–water partition coefficient (Wildman–Crippen LogP) is 5.37. The van der Waals surface area contributed by atoms with E-state index in [4.69, 9.17) is 16.3 Å². The Morgan fingerprint density at radius 2 is 1.92 bits per heavy atom. The summed E-state index contributed by atoms with van der Waals surface area (Å²) in [5, 5.41) is 3.65. The number of carbonyl (C=O) groups excluding carboxylic acids is 2. The standard InChI is InChI=1S/C29H33ClN4O3/c1-19(2)34-16-20(3)26(18-33(4)17-21-7-5-8-23(30)15-21)37-27-24(29(34)36)9-6-10-25(27)32-28(35)22-11-13-31-14-12-22/h5-15,19-20,26H,16-18H2,1-4H3,(H,32,35)/t20-,26+/m0/s1. The number of amides is 2. The number of pyridine rings is 1. The van der Waals surface area contributed by atoms with Crippen LogP contribution in [-0.2, 0) is 6.54 Å². The molecule has 4 rings (SSSR count). The number of ether oxygens (including phenoxy) is 1. The molecule has 7 nitrogen and oxygen atoms in total. The lowest BCUT2D eigenvalue weighted by atomic mass is 9.99. The molecule has 0 unspecified atom stereocenters. The number of halogens is 1. The van der Waals surface area contributed by atoms with E-state index in [0.29, 0.717) is 47.2 Å². The van der Waals surface area contributed by atoms with E-state index in [9.17, 15) is 9.59 Å². The fourth-order valence-electron chi connectivity index (χ4n) is 4.54. The van der Waals surface area contributed by atoms with Gasteiger partial charge in [-0.1, -0.05) is 36.7 Å². The molecule has 2 atom stereocenters. The Morgan fingerprint density at radius 1 is 1.19 bits per heavy atom.